The van der Waals surface area contributed by atoms with Crippen molar-refractivity contribution in [3.8, 4) is 0 Å². The van der Waals surface area contributed by atoms with Crippen molar-refractivity contribution in [2.45, 2.75) is 51.5 Å². The van der Waals surface area contributed by atoms with Gasteiger partial charge in [-0.1, -0.05) is 24.3 Å². The van der Waals surface area contributed by atoms with Gasteiger partial charge in [-0.2, -0.15) is 13.2 Å². The predicted octanol–water partition coefficient (Wildman–Crippen LogP) is 4.37. The molecule has 1 atom stereocenters. The average molecular weight is 466 g/mol. The third-order valence-corrected chi connectivity index (χ3v) is 5.13. The van der Waals surface area contributed by atoms with E-state index in [1.165, 1.54) is 0 Å². The van der Waals surface area contributed by atoms with E-state index in [1.54, 1.807) is 45.0 Å². The number of nitrogens with one attached hydrogen (secondary N) is 1. The second-order valence-corrected chi connectivity index (χ2v) is 8.73. The number of nitro groups is 2. The molecule has 0 saturated carbocycles. The molecule has 33 heavy (non-hydrogen) atoms. The first-order valence-electron chi connectivity index (χ1n) is 9.88. The molecule has 1 heterocycles. The Kier molecular flexibility index (Phi) is 6.05. The molecular weight excluding hydrogens is 445 g/mol. The molecule has 9 nitrogen and oxygen atoms in total. The predicted molar refractivity (Wildman–Crippen MR) is 113 cm³/mol. The zero-order chi connectivity index (χ0) is 24.7. The number of carbonyl (C=O) groups is 1. The Morgan fingerprint density at radius 1 is 1.03 bits per heavy atom. The van der Waals surface area contributed by atoms with Crippen molar-refractivity contribution in [2.24, 2.45) is 0 Å². The number of alkyl halides is 3. The van der Waals surface area contributed by atoms with Gasteiger partial charge in [0.05, 0.1) is 15.4 Å². The molecule has 0 fully saturated rings. The van der Waals surface area contributed by atoms with Crippen molar-refractivity contribution in [1.82, 2.24) is 5.32 Å². The van der Waals surface area contributed by atoms with Crippen molar-refractivity contribution >= 4 is 23.0 Å². The monoisotopic (exact) mass is 466 g/mol. The fourth-order valence-electron chi connectivity index (χ4n) is 3.79. The van der Waals surface area contributed by atoms with Gasteiger partial charge in [-0.25, -0.2) is 0 Å². The number of hydrogen-bond acceptors (Lipinski definition) is 6. The van der Waals surface area contributed by atoms with Crippen LogP contribution in [0.15, 0.2) is 36.4 Å². The van der Waals surface area contributed by atoms with Crippen LogP contribution in [0.3, 0.4) is 0 Å². The van der Waals surface area contributed by atoms with Crippen LogP contribution in [-0.2, 0) is 23.9 Å². The van der Waals surface area contributed by atoms with E-state index in [4.69, 9.17) is 0 Å². The number of nitrogens with zero attached hydrogens (tertiary/aromatic N) is 3. The minimum Gasteiger partial charge on any atom is -0.350 e. The highest BCUT2D eigenvalue weighted by molar-refractivity contribution is 5.90. The lowest BCUT2D eigenvalue weighted by Gasteiger charge is -2.38. The Morgan fingerprint density at radius 2 is 1.55 bits per heavy atom. The van der Waals surface area contributed by atoms with Gasteiger partial charge in [0.25, 0.3) is 11.4 Å². The van der Waals surface area contributed by atoms with Crippen LogP contribution in [0.5, 0.6) is 0 Å². The van der Waals surface area contributed by atoms with Crippen LogP contribution < -0.4 is 10.2 Å². The first-order valence-corrected chi connectivity index (χ1v) is 9.88. The number of carbonyl (C=O) groups excluding carboxylic acids is 1. The van der Waals surface area contributed by atoms with Crippen LogP contribution in [0.25, 0.3) is 0 Å². The maximum absolute atomic E-state index is 13.3. The summed E-state index contributed by atoms with van der Waals surface area (Å²) in [6.07, 6.45) is -4.97. The van der Waals surface area contributed by atoms with Gasteiger partial charge in [0.2, 0.25) is 5.91 Å². The first-order chi connectivity index (χ1) is 15.2. The van der Waals surface area contributed by atoms with Crippen molar-refractivity contribution in [1.29, 1.82) is 0 Å². The third kappa shape index (κ3) is 5.04. The summed E-state index contributed by atoms with van der Waals surface area (Å²) in [7, 11) is 0. The molecule has 1 amide bonds. The summed E-state index contributed by atoms with van der Waals surface area (Å²) in [4.78, 5) is 35.6. The van der Waals surface area contributed by atoms with E-state index in [0.29, 0.717) is 5.56 Å². The summed E-state index contributed by atoms with van der Waals surface area (Å²) in [6.45, 7) is 5.02. The van der Waals surface area contributed by atoms with E-state index in [1.807, 2.05) is 0 Å². The number of benzene rings is 2. The van der Waals surface area contributed by atoms with Crippen LogP contribution in [0.4, 0.5) is 30.2 Å². The summed E-state index contributed by atoms with van der Waals surface area (Å²) in [5.74, 6) is -0.555. The van der Waals surface area contributed by atoms with Crippen LogP contribution in [0.2, 0.25) is 0 Å². The van der Waals surface area contributed by atoms with Crippen molar-refractivity contribution in [2.75, 3.05) is 4.90 Å². The summed E-state index contributed by atoms with van der Waals surface area (Å²) in [6, 6.07) is 6.32. The van der Waals surface area contributed by atoms with Crippen molar-refractivity contribution in [3.63, 3.8) is 0 Å². The van der Waals surface area contributed by atoms with Gasteiger partial charge in [0, 0.05) is 30.6 Å². The van der Waals surface area contributed by atoms with Crippen molar-refractivity contribution < 1.29 is 27.8 Å². The summed E-state index contributed by atoms with van der Waals surface area (Å²) in [5, 5.41) is 26.3. The second-order valence-electron chi connectivity index (χ2n) is 8.73. The number of nitro benzene ring substituents is 2. The molecule has 0 unspecified atom stereocenters. The molecule has 0 aliphatic carbocycles. The molecule has 0 radical (unpaired) electrons. The number of hydrogen-bond donors (Lipinski definition) is 1. The third-order valence-electron chi connectivity index (χ3n) is 5.13. The lowest BCUT2D eigenvalue weighted by atomic mass is 9.91. The zero-order valence-corrected chi connectivity index (χ0v) is 18.0. The molecule has 2 aromatic carbocycles. The van der Waals surface area contributed by atoms with E-state index in [-0.39, 0.29) is 25.1 Å². The SMILES string of the molecule is CC(C)(C)NC(=O)[C@@H]1Cc2ccccc2CN1c1c([N+](=O)[O-])cc(C(F)(F)F)cc1[N+](=O)[O-]. The second kappa shape index (κ2) is 8.34. The molecule has 0 spiro atoms. The van der Waals surface area contributed by atoms with Gasteiger partial charge >= 0.3 is 6.18 Å². The van der Waals surface area contributed by atoms with Gasteiger partial charge in [0.1, 0.15) is 6.04 Å². The fraction of sp³-hybridized carbons (Fsp3) is 0.381. The Morgan fingerprint density at radius 3 is 2.00 bits per heavy atom. The van der Waals surface area contributed by atoms with Crippen LogP contribution in [0, 0.1) is 20.2 Å². The summed E-state index contributed by atoms with van der Waals surface area (Å²) >= 11 is 0. The number of amides is 1. The molecule has 1 aliphatic heterocycles. The minimum atomic E-state index is -5.04. The Hall–Kier alpha value is -3.70. The topological polar surface area (TPSA) is 119 Å². The Balaban J connectivity index is 2.27. The lowest BCUT2D eigenvalue weighted by molar-refractivity contribution is -0.393. The van der Waals surface area contributed by atoms with Crippen LogP contribution in [-0.4, -0.2) is 27.3 Å². The van der Waals surface area contributed by atoms with Gasteiger partial charge in [-0.3, -0.25) is 25.0 Å². The molecular formula is C21H21F3N4O5. The molecule has 1 aliphatic rings. The number of anilines is 1. The molecule has 3 rings (SSSR count). The highest BCUT2D eigenvalue weighted by Crippen LogP contribution is 2.45. The molecule has 0 aromatic heterocycles. The number of rotatable bonds is 4. The smallest absolute Gasteiger partial charge is 0.350 e. The Bertz CT molecular complexity index is 1090. The maximum atomic E-state index is 13.3. The quantitative estimate of drug-likeness (QED) is 0.528. The normalized spacial score (nSPS) is 16.2. The van der Waals surface area contributed by atoms with E-state index in [9.17, 15) is 38.2 Å². The molecule has 0 saturated heterocycles. The van der Waals surface area contributed by atoms with Gasteiger partial charge in [0.15, 0.2) is 5.69 Å². The Labute approximate surface area is 186 Å². The van der Waals surface area contributed by atoms with E-state index < -0.39 is 56.1 Å². The molecule has 12 heteroatoms. The van der Waals surface area contributed by atoms with Gasteiger partial charge in [-0.15, -0.1) is 0 Å². The number of halogens is 3. The van der Waals surface area contributed by atoms with E-state index in [2.05, 4.69) is 5.32 Å². The minimum absolute atomic E-state index is 0.0629. The first kappa shape index (κ1) is 24.0. The zero-order valence-electron chi connectivity index (χ0n) is 18.0. The van der Waals surface area contributed by atoms with Gasteiger partial charge in [-0.05, 0) is 31.9 Å². The van der Waals surface area contributed by atoms with E-state index >= 15 is 0 Å². The summed E-state index contributed by atoms with van der Waals surface area (Å²) in [5.41, 5.74) is -3.60. The maximum Gasteiger partial charge on any atom is 0.416 e. The highest BCUT2D eigenvalue weighted by atomic mass is 19.4. The standard InChI is InChI=1S/C21H21F3N4O5/c1-20(2,3)25-19(29)17-8-12-6-4-5-7-13(12)11-26(17)18-15(27(30)31)9-14(21(22,23)24)10-16(18)28(32)33/h4-7,9-10,17H,8,11H2,1-3H3,(H,25,29)/t17-/m0/s1. The average Bonchev–Trinajstić information content (AvgIpc) is 2.69. The number of fused-ring (bicyclic) bond motifs is 1. The van der Waals surface area contributed by atoms with Crippen LogP contribution in [0.1, 0.15) is 37.5 Å². The lowest BCUT2D eigenvalue weighted by Crippen LogP contribution is -2.54. The molecule has 2 aromatic rings. The summed E-state index contributed by atoms with van der Waals surface area (Å²) < 4.78 is 39.9. The fourth-order valence-corrected chi connectivity index (χ4v) is 3.79. The highest BCUT2D eigenvalue weighted by Gasteiger charge is 2.43. The molecule has 1 N–H and O–H groups in total. The van der Waals surface area contributed by atoms with Crippen LogP contribution >= 0.6 is 0 Å². The molecule has 0 bridgehead atoms. The van der Waals surface area contributed by atoms with E-state index in [0.717, 1.165) is 10.5 Å². The van der Waals surface area contributed by atoms with Gasteiger partial charge < -0.3 is 10.2 Å². The molecule has 176 valence electrons. The van der Waals surface area contributed by atoms with Crippen molar-refractivity contribution in [3.05, 3.63) is 73.3 Å². The largest absolute Gasteiger partial charge is 0.416 e.